The Bertz CT molecular complexity index is 580. The van der Waals surface area contributed by atoms with Gasteiger partial charge in [-0.2, -0.15) is 0 Å². The van der Waals surface area contributed by atoms with Gasteiger partial charge >= 0.3 is 5.97 Å². The van der Waals surface area contributed by atoms with E-state index in [1.54, 1.807) is 0 Å². The molecule has 7 heteroatoms. The van der Waals surface area contributed by atoms with Crippen molar-refractivity contribution in [2.24, 2.45) is 17.8 Å². The highest BCUT2D eigenvalue weighted by Gasteiger charge is 2.46. The second-order valence-corrected chi connectivity index (χ2v) is 10.1. The number of epoxide rings is 3. The van der Waals surface area contributed by atoms with Crippen LogP contribution in [0.15, 0.2) is 0 Å². The van der Waals surface area contributed by atoms with Gasteiger partial charge in [-0.05, 0) is 76.5 Å². The third kappa shape index (κ3) is 5.54. The maximum absolute atomic E-state index is 10.5. The van der Waals surface area contributed by atoms with Gasteiger partial charge in [0.1, 0.15) is 0 Å². The minimum Gasteiger partial charge on any atom is -0.481 e. The predicted molar refractivity (Wildman–Crippen MR) is 107 cm³/mol. The molecule has 6 fully saturated rings. The van der Waals surface area contributed by atoms with Crippen molar-refractivity contribution in [1.29, 1.82) is 0 Å². The SMILES string of the molecule is CC(OCC1CCC2OC2C1)OCC1CCC2OC2C1.O=C(O)C1CCC2OC2C1. The Labute approximate surface area is 178 Å². The van der Waals surface area contributed by atoms with Crippen LogP contribution in [0.2, 0.25) is 0 Å². The van der Waals surface area contributed by atoms with Crippen molar-refractivity contribution < 1.29 is 33.6 Å². The first-order chi connectivity index (χ1) is 14.5. The van der Waals surface area contributed by atoms with Crippen LogP contribution in [-0.4, -0.2) is 67.2 Å². The first-order valence-corrected chi connectivity index (χ1v) is 12.0. The van der Waals surface area contributed by atoms with Gasteiger partial charge in [0.2, 0.25) is 0 Å². The van der Waals surface area contributed by atoms with E-state index in [4.69, 9.17) is 28.8 Å². The van der Waals surface area contributed by atoms with Crippen LogP contribution in [0.25, 0.3) is 0 Å². The van der Waals surface area contributed by atoms with Gasteiger partial charge in [-0.15, -0.1) is 0 Å². The molecule has 3 saturated carbocycles. The number of ether oxygens (including phenoxy) is 5. The molecule has 170 valence electrons. The summed E-state index contributed by atoms with van der Waals surface area (Å²) < 4.78 is 28.0. The number of hydrogen-bond donors (Lipinski definition) is 1. The maximum atomic E-state index is 10.5. The van der Waals surface area contributed by atoms with Crippen LogP contribution < -0.4 is 0 Å². The number of fused-ring (bicyclic) bond motifs is 3. The molecule has 0 aromatic carbocycles. The molecule has 0 amide bonds. The fourth-order valence-corrected chi connectivity index (χ4v) is 5.50. The fourth-order valence-electron chi connectivity index (χ4n) is 5.50. The van der Waals surface area contributed by atoms with Crippen LogP contribution in [0.5, 0.6) is 0 Å². The number of aliphatic carboxylic acids is 1. The van der Waals surface area contributed by atoms with Gasteiger partial charge in [-0.1, -0.05) is 0 Å². The summed E-state index contributed by atoms with van der Waals surface area (Å²) >= 11 is 0. The second kappa shape index (κ2) is 9.02. The Morgan fingerprint density at radius 1 is 0.767 bits per heavy atom. The molecule has 6 aliphatic rings. The summed E-state index contributed by atoms with van der Waals surface area (Å²) in [6.45, 7) is 3.68. The van der Waals surface area contributed by atoms with Crippen LogP contribution in [0.4, 0.5) is 0 Å². The van der Waals surface area contributed by atoms with Gasteiger partial charge in [0.15, 0.2) is 6.29 Å². The highest BCUT2D eigenvalue weighted by molar-refractivity contribution is 5.70. The molecule has 0 bridgehead atoms. The van der Waals surface area contributed by atoms with E-state index in [1.165, 1.54) is 38.5 Å². The zero-order valence-electron chi connectivity index (χ0n) is 17.9. The molecule has 3 aliphatic carbocycles. The van der Waals surface area contributed by atoms with Crippen molar-refractivity contribution in [3.8, 4) is 0 Å². The Kier molecular flexibility index (Phi) is 6.36. The number of carboxylic acid groups (broad SMARTS) is 1. The van der Waals surface area contributed by atoms with E-state index in [0.29, 0.717) is 42.4 Å². The Morgan fingerprint density at radius 3 is 1.67 bits per heavy atom. The summed E-state index contributed by atoms with van der Waals surface area (Å²) in [5.41, 5.74) is 0. The molecular formula is C23H36O7. The van der Waals surface area contributed by atoms with Gasteiger partial charge in [-0.25, -0.2) is 0 Å². The first-order valence-electron chi connectivity index (χ1n) is 12.0. The number of hydrogen-bond acceptors (Lipinski definition) is 6. The van der Waals surface area contributed by atoms with Crippen molar-refractivity contribution in [1.82, 2.24) is 0 Å². The summed E-state index contributed by atoms with van der Waals surface area (Å²) in [7, 11) is 0. The lowest BCUT2D eigenvalue weighted by molar-refractivity contribution is -0.148. The third-order valence-electron chi connectivity index (χ3n) is 7.71. The summed E-state index contributed by atoms with van der Waals surface area (Å²) in [5.74, 6) is 0.540. The van der Waals surface area contributed by atoms with Crippen molar-refractivity contribution in [2.45, 2.75) is 108 Å². The first kappa shape index (κ1) is 21.1. The molecule has 9 atom stereocenters. The topological polar surface area (TPSA) is 93.3 Å². The van der Waals surface area contributed by atoms with E-state index in [-0.39, 0.29) is 18.3 Å². The van der Waals surface area contributed by atoms with E-state index in [9.17, 15) is 4.79 Å². The number of rotatable bonds is 7. The molecule has 6 rings (SSSR count). The predicted octanol–water partition coefficient (Wildman–Crippen LogP) is 3.14. The highest BCUT2D eigenvalue weighted by atomic mass is 16.7. The van der Waals surface area contributed by atoms with E-state index in [2.05, 4.69) is 0 Å². The minimum absolute atomic E-state index is 0.0781. The molecule has 0 aromatic rings. The van der Waals surface area contributed by atoms with Gasteiger partial charge in [-0.3, -0.25) is 4.79 Å². The van der Waals surface area contributed by atoms with Crippen LogP contribution in [0, 0.1) is 17.8 Å². The average molecular weight is 425 g/mol. The molecule has 3 aliphatic heterocycles. The summed E-state index contributed by atoms with van der Waals surface area (Å²) in [6, 6.07) is 0. The van der Waals surface area contributed by atoms with Crippen LogP contribution in [-0.2, 0) is 28.5 Å². The van der Waals surface area contributed by atoms with Crippen molar-refractivity contribution in [2.75, 3.05) is 13.2 Å². The summed E-state index contributed by atoms with van der Waals surface area (Å²) in [6.07, 6.45) is 12.7. The van der Waals surface area contributed by atoms with Gasteiger partial charge in [0, 0.05) is 0 Å². The zero-order chi connectivity index (χ0) is 20.7. The molecule has 7 nitrogen and oxygen atoms in total. The summed E-state index contributed by atoms with van der Waals surface area (Å²) in [4.78, 5) is 10.5. The van der Waals surface area contributed by atoms with E-state index < -0.39 is 5.97 Å². The van der Waals surface area contributed by atoms with Crippen molar-refractivity contribution in [3.05, 3.63) is 0 Å². The van der Waals surface area contributed by atoms with Crippen molar-refractivity contribution >= 4 is 5.97 Å². The Morgan fingerprint density at radius 2 is 1.23 bits per heavy atom. The molecule has 0 radical (unpaired) electrons. The minimum atomic E-state index is -0.658. The highest BCUT2D eigenvalue weighted by Crippen LogP contribution is 2.41. The monoisotopic (exact) mass is 424 g/mol. The van der Waals surface area contributed by atoms with E-state index in [0.717, 1.165) is 32.5 Å². The third-order valence-corrected chi connectivity index (χ3v) is 7.71. The summed E-state index contributed by atoms with van der Waals surface area (Å²) in [5, 5.41) is 8.62. The van der Waals surface area contributed by atoms with E-state index in [1.807, 2.05) is 6.92 Å². The molecule has 0 aromatic heterocycles. The molecular weight excluding hydrogens is 388 g/mol. The second-order valence-electron chi connectivity index (χ2n) is 10.1. The smallest absolute Gasteiger partial charge is 0.306 e. The Hall–Kier alpha value is -0.730. The van der Waals surface area contributed by atoms with E-state index >= 15 is 0 Å². The normalized spacial score (nSPS) is 46.2. The number of carboxylic acids is 1. The maximum Gasteiger partial charge on any atom is 0.306 e. The fraction of sp³-hybridized carbons (Fsp3) is 0.957. The molecule has 3 heterocycles. The Balaban J connectivity index is 0.000000161. The van der Waals surface area contributed by atoms with Crippen LogP contribution in [0.3, 0.4) is 0 Å². The molecule has 1 N–H and O–H groups in total. The lowest BCUT2D eigenvalue weighted by atomic mass is 9.90. The van der Waals surface area contributed by atoms with Crippen molar-refractivity contribution in [3.63, 3.8) is 0 Å². The van der Waals surface area contributed by atoms with Gasteiger partial charge < -0.3 is 28.8 Å². The molecule has 9 unspecified atom stereocenters. The molecule has 30 heavy (non-hydrogen) atoms. The standard InChI is InChI=1S/C16H26O4.C7H10O3/c1-10(17-8-11-2-4-13-15(6-11)19-13)18-9-12-3-5-14-16(7-12)20-14;8-7(9)4-1-2-5-6(3-4)10-5/h10-16H,2-9H2,1H3;4-6H,1-3H2,(H,8,9). The lowest BCUT2D eigenvalue weighted by Gasteiger charge is -2.24. The molecule has 3 saturated heterocycles. The van der Waals surface area contributed by atoms with Gasteiger partial charge in [0.05, 0.1) is 55.8 Å². The quantitative estimate of drug-likeness (QED) is 0.496. The largest absolute Gasteiger partial charge is 0.481 e. The van der Waals surface area contributed by atoms with Gasteiger partial charge in [0.25, 0.3) is 0 Å². The lowest BCUT2D eigenvalue weighted by Crippen LogP contribution is -2.25. The van der Waals surface area contributed by atoms with Crippen LogP contribution >= 0.6 is 0 Å². The molecule has 0 spiro atoms. The van der Waals surface area contributed by atoms with Crippen LogP contribution in [0.1, 0.15) is 64.7 Å². The average Bonchev–Trinajstić information content (AvgIpc) is 3.62. The number of carbonyl (C=O) groups is 1. The zero-order valence-corrected chi connectivity index (χ0v) is 17.9.